The average Bonchev–Trinajstić information content (AvgIpc) is 2.63. The van der Waals surface area contributed by atoms with E-state index in [-0.39, 0.29) is 11.8 Å². The van der Waals surface area contributed by atoms with Crippen molar-refractivity contribution >= 4 is 11.7 Å². The zero-order valence-corrected chi connectivity index (χ0v) is 9.21. The molecule has 0 radical (unpaired) electrons. The van der Waals surface area contributed by atoms with E-state index in [2.05, 4.69) is 0 Å². The van der Waals surface area contributed by atoms with Crippen LogP contribution in [0.4, 0.5) is 0 Å². The summed E-state index contributed by atoms with van der Waals surface area (Å²) >= 11 is 0. The summed E-state index contributed by atoms with van der Waals surface area (Å²) in [5.74, 6) is 0.943. The largest absolute Gasteiger partial charge is 0.343 e. The molecule has 2 fully saturated rings. The summed E-state index contributed by atoms with van der Waals surface area (Å²) in [4.78, 5) is 24.9. The van der Waals surface area contributed by atoms with Gasteiger partial charge in [-0.05, 0) is 25.7 Å². The Bertz CT molecular complexity index is 262. The van der Waals surface area contributed by atoms with Crippen LogP contribution in [0.25, 0.3) is 0 Å². The van der Waals surface area contributed by atoms with Crippen molar-refractivity contribution in [2.24, 2.45) is 5.92 Å². The molecule has 1 unspecified atom stereocenters. The molecule has 1 aliphatic carbocycles. The Morgan fingerprint density at radius 2 is 2.00 bits per heavy atom. The summed E-state index contributed by atoms with van der Waals surface area (Å²) in [6.07, 6.45) is 6.66. The van der Waals surface area contributed by atoms with Crippen molar-refractivity contribution in [1.29, 1.82) is 0 Å². The van der Waals surface area contributed by atoms with Gasteiger partial charge in [-0.2, -0.15) is 0 Å². The lowest BCUT2D eigenvalue weighted by molar-refractivity contribution is -0.129. The summed E-state index contributed by atoms with van der Waals surface area (Å²) in [5.41, 5.74) is 0. The molecule has 0 N–H and O–H groups in total. The predicted octanol–water partition coefficient (Wildman–Crippen LogP) is 1.76. The van der Waals surface area contributed by atoms with Gasteiger partial charge in [0, 0.05) is 31.8 Å². The summed E-state index contributed by atoms with van der Waals surface area (Å²) < 4.78 is 0. The molecule has 2 rings (SSSR count). The highest BCUT2D eigenvalue weighted by atomic mass is 16.2. The van der Waals surface area contributed by atoms with E-state index in [1.54, 1.807) is 0 Å². The van der Waals surface area contributed by atoms with E-state index in [4.69, 9.17) is 0 Å². The lowest BCUT2D eigenvalue weighted by Gasteiger charge is -2.23. The van der Waals surface area contributed by atoms with Crippen molar-refractivity contribution < 1.29 is 9.59 Å². The maximum atomic E-state index is 11.6. The van der Waals surface area contributed by atoms with Crippen LogP contribution in [0.1, 0.15) is 44.9 Å². The number of carbonyl (C=O) groups excluding carboxylic acids is 2. The number of hydrogen-bond acceptors (Lipinski definition) is 2. The fraction of sp³-hybridized carbons (Fsp3) is 0.833. The predicted molar refractivity (Wildman–Crippen MR) is 57.4 cm³/mol. The van der Waals surface area contributed by atoms with Crippen LogP contribution in [-0.4, -0.2) is 29.7 Å². The lowest BCUT2D eigenvalue weighted by Crippen LogP contribution is -2.29. The number of nitrogens with zero attached hydrogens (tertiary/aromatic N) is 1. The van der Waals surface area contributed by atoms with Gasteiger partial charge in [-0.1, -0.05) is 6.42 Å². The maximum absolute atomic E-state index is 11.6. The molecule has 1 amide bonds. The van der Waals surface area contributed by atoms with Crippen LogP contribution < -0.4 is 0 Å². The third-order valence-electron chi connectivity index (χ3n) is 3.60. The number of rotatable bonds is 3. The fourth-order valence-electron chi connectivity index (χ4n) is 2.61. The Balaban J connectivity index is 1.76. The first-order valence-electron chi connectivity index (χ1n) is 6.08. The molecule has 15 heavy (non-hydrogen) atoms. The summed E-state index contributed by atoms with van der Waals surface area (Å²) in [7, 11) is 0. The summed E-state index contributed by atoms with van der Waals surface area (Å²) in [6.45, 7) is 1.70. The van der Waals surface area contributed by atoms with Gasteiger partial charge in [0.1, 0.15) is 5.78 Å². The van der Waals surface area contributed by atoms with Crippen molar-refractivity contribution in [3.05, 3.63) is 0 Å². The Hall–Kier alpha value is -0.860. The quantitative estimate of drug-likeness (QED) is 0.710. The monoisotopic (exact) mass is 209 g/mol. The molecule has 3 nitrogen and oxygen atoms in total. The highest BCUT2D eigenvalue weighted by Crippen LogP contribution is 2.24. The molecular weight excluding hydrogens is 190 g/mol. The number of likely N-dealkylation sites (tertiary alicyclic amines) is 1. The molecule has 0 spiro atoms. The number of amides is 1. The van der Waals surface area contributed by atoms with Gasteiger partial charge in [-0.15, -0.1) is 0 Å². The molecule has 84 valence electrons. The topological polar surface area (TPSA) is 37.4 Å². The van der Waals surface area contributed by atoms with E-state index in [1.807, 2.05) is 4.90 Å². The van der Waals surface area contributed by atoms with Gasteiger partial charge in [0.15, 0.2) is 0 Å². The minimum atomic E-state index is 0.243. The van der Waals surface area contributed by atoms with Crippen LogP contribution in [0.5, 0.6) is 0 Å². The van der Waals surface area contributed by atoms with Gasteiger partial charge in [-0.3, -0.25) is 9.59 Å². The van der Waals surface area contributed by atoms with Gasteiger partial charge < -0.3 is 4.90 Å². The SMILES string of the molecule is O=C1CCCCC1CCN1CCCC1=O. The van der Waals surface area contributed by atoms with Crippen LogP contribution in [0.3, 0.4) is 0 Å². The molecule has 0 aromatic heterocycles. The van der Waals surface area contributed by atoms with E-state index in [0.29, 0.717) is 12.2 Å². The van der Waals surface area contributed by atoms with Crippen LogP contribution >= 0.6 is 0 Å². The molecule has 1 saturated carbocycles. The Morgan fingerprint density at radius 3 is 2.67 bits per heavy atom. The van der Waals surface area contributed by atoms with Crippen molar-refractivity contribution in [3.8, 4) is 0 Å². The molecule has 1 atom stereocenters. The zero-order valence-electron chi connectivity index (χ0n) is 9.21. The van der Waals surface area contributed by atoms with Crippen molar-refractivity contribution in [2.75, 3.05) is 13.1 Å². The number of carbonyl (C=O) groups is 2. The Kier molecular flexibility index (Phi) is 3.39. The fourth-order valence-corrected chi connectivity index (χ4v) is 2.61. The van der Waals surface area contributed by atoms with Gasteiger partial charge in [0.25, 0.3) is 0 Å². The molecule has 2 aliphatic rings. The molecule has 1 heterocycles. The van der Waals surface area contributed by atoms with Crippen LogP contribution in [0.2, 0.25) is 0 Å². The first kappa shape index (κ1) is 10.7. The first-order chi connectivity index (χ1) is 7.27. The maximum Gasteiger partial charge on any atom is 0.222 e. The third kappa shape index (κ3) is 2.58. The smallest absolute Gasteiger partial charge is 0.222 e. The second-order valence-corrected chi connectivity index (χ2v) is 4.68. The summed E-state index contributed by atoms with van der Waals surface area (Å²) in [5, 5.41) is 0. The van der Waals surface area contributed by atoms with Crippen molar-refractivity contribution in [1.82, 2.24) is 4.90 Å². The molecule has 0 aromatic carbocycles. The van der Waals surface area contributed by atoms with E-state index < -0.39 is 0 Å². The molecular formula is C12H19NO2. The highest BCUT2D eigenvalue weighted by molar-refractivity contribution is 5.82. The highest BCUT2D eigenvalue weighted by Gasteiger charge is 2.25. The van der Waals surface area contributed by atoms with Gasteiger partial charge >= 0.3 is 0 Å². The number of Topliss-reactive ketones (excluding diaryl/α,β-unsaturated/α-hetero) is 1. The van der Waals surface area contributed by atoms with E-state index in [1.165, 1.54) is 6.42 Å². The zero-order chi connectivity index (χ0) is 10.7. The minimum absolute atomic E-state index is 0.243. The Morgan fingerprint density at radius 1 is 1.13 bits per heavy atom. The lowest BCUT2D eigenvalue weighted by atomic mass is 9.86. The molecule has 1 saturated heterocycles. The summed E-state index contributed by atoms with van der Waals surface area (Å²) in [6, 6.07) is 0. The normalized spacial score (nSPS) is 27.5. The second kappa shape index (κ2) is 4.77. The van der Waals surface area contributed by atoms with Crippen LogP contribution in [-0.2, 0) is 9.59 Å². The molecule has 0 aromatic rings. The van der Waals surface area contributed by atoms with E-state index in [9.17, 15) is 9.59 Å². The van der Waals surface area contributed by atoms with Crippen LogP contribution in [0, 0.1) is 5.92 Å². The molecule has 3 heteroatoms. The third-order valence-corrected chi connectivity index (χ3v) is 3.60. The van der Waals surface area contributed by atoms with Gasteiger partial charge in [0.05, 0.1) is 0 Å². The average molecular weight is 209 g/mol. The first-order valence-corrected chi connectivity index (χ1v) is 6.08. The molecule has 1 aliphatic heterocycles. The number of ketones is 1. The second-order valence-electron chi connectivity index (χ2n) is 4.68. The number of hydrogen-bond donors (Lipinski definition) is 0. The van der Waals surface area contributed by atoms with E-state index >= 15 is 0 Å². The molecule has 0 bridgehead atoms. The van der Waals surface area contributed by atoms with E-state index in [0.717, 1.165) is 45.2 Å². The van der Waals surface area contributed by atoms with Crippen molar-refractivity contribution in [3.63, 3.8) is 0 Å². The van der Waals surface area contributed by atoms with Crippen molar-refractivity contribution in [2.45, 2.75) is 44.9 Å². The van der Waals surface area contributed by atoms with Gasteiger partial charge in [-0.25, -0.2) is 0 Å². The van der Waals surface area contributed by atoms with Gasteiger partial charge in [0.2, 0.25) is 5.91 Å². The standard InChI is InChI=1S/C12H19NO2/c14-11-5-2-1-4-10(11)7-9-13-8-3-6-12(13)15/h10H,1-9H2. The van der Waals surface area contributed by atoms with Crippen LogP contribution in [0.15, 0.2) is 0 Å². The Labute approximate surface area is 90.8 Å². The minimum Gasteiger partial charge on any atom is -0.343 e.